The van der Waals surface area contributed by atoms with Crippen LogP contribution in [0, 0.1) is 6.92 Å². The number of nitrogens with one attached hydrogen (secondary N) is 1. The summed E-state index contributed by atoms with van der Waals surface area (Å²) in [7, 11) is 0. The maximum absolute atomic E-state index is 11.7. The van der Waals surface area contributed by atoms with Gasteiger partial charge in [0.2, 0.25) is 0 Å². The molecule has 0 aliphatic rings. The molecule has 0 saturated carbocycles. The molecule has 2 N–H and O–H groups in total. The molecule has 0 radical (unpaired) electrons. The van der Waals surface area contributed by atoms with E-state index >= 15 is 0 Å². The zero-order valence-electron chi connectivity index (χ0n) is 8.64. The van der Waals surface area contributed by atoms with E-state index in [2.05, 4.69) is 10.3 Å². The molecule has 0 amide bonds. The summed E-state index contributed by atoms with van der Waals surface area (Å²) in [5, 5.41) is 9.38. The van der Waals surface area contributed by atoms with Crippen molar-refractivity contribution in [3.05, 3.63) is 29.3 Å². The van der Waals surface area contributed by atoms with E-state index in [-0.39, 0.29) is 12.3 Å². The molecule has 0 aliphatic heterocycles. The van der Waals surface area contributed by atoms with Crippen LogP contribution in [0.5, 0.6) is 5.75 Å². The minimum absolute atomic E-state index is 0.0175. The standard InChI is InChI=1S/C10H12F3NO2/c1-7-2-3-9(15)8(4-7)5-14-16-6-10(11,12)13/h2-4,14-15H,5-6H2,1H3. The van der Waals surface area contributed by atoms with E-state index in [9.17, 15) is 18.3 Å². The van der Waals surface area contributed by atoms with Crippen molar-refractivity contribution in [2.75, 3.05) is 6.61 Å². The number of aromatic hydroxyl groups is 1. The SMILES string of the molecule is Cc1ccc(O)c(CNOCC(F)(F)F)c1. The van der Waals surface area contributed by atoms with Gasteiger partial charge in [-0.15, -0.1) is 0 Å². The molecule has 0 atom stereocenters. The number of halogens is 3. The van der Waals surface area contributed by atoms with Crippen LogP contribution in [-0.2, 0) is 11.4 Å². The lowest BCUT2D eigenvalue weighted by Crippen LogP contribution is -2.24. The van der Waals surface area contributed by atoms with Gasteiger partial charge in [0.1, 0.15) is 5.75 Å². The molecule has 0 aromatic heterocycles. The smallest absolute Gasteiger partial charge is 0.413 e. The van der Waals surface area contributed by atoms with E-state index in [4.69, 9.17) is 0 Å². The molecule has 1 aromatic rings. The lowest BCUT2D eigenvalue weighted by atomic mass is 10.1. The van der Waals surface area contributed by atoms with Crippen LogP contribution >= 0.6 is 0 Å². The Hall–Kier alpha value is -1.27. The van der Waals surface area contributed by atoms with Crippen molar-refractivity contribution in [3.63, 3.8) is 0 Å². The molecule has 0 aliphatic carbocycles. The van der Waals surface area contributed by atoms with Gasteiger partial charge in [-0.05, 0) is 13.0 Å². The number of hydrogen-bond acceptors (Lipinski definition) is 3. The van der Waals surface area contributed by atoms with Crippen LogP contribution in [-0.4, -0.2) is 17.9 Å². The average molecular weight is 235 g/mol. The Morgan fingerprint density at radius 1 is 1.38 bits per heavy atom. The first-order valence-electron chi connectivity index (χ1n) is 4.58. The molecule has 16 heavy (non-hydrogen) atoms. The Balaban J connectivity index is 2.40. The van der Waals surface area contributed by atoms with Gasteiger partial charge in [-0.25, -0.2) is 0 Å². The first kappa shape index (κ1) is 12.8. The largest absolute Gasteiger partial charge is 0.508 e. The van der Waals surface area contributed by atoms with Crippen molar-refractivity contribution in [3.8, 4) is 5.75 Å². The van der Waals surface area contributed by atoms with Gasteiger partial charge >= 0.3 is 6.18 Å². The molecule has 0 heterocycles. The van der Waals surface area contributed by atoms with E-state index in [1.54, 1.807) is 12.1 Å². The Morgan fingerprint density at radius 3 is 2.69 bits per heavy atom. The molecule has 3 nitrogen and oxygen atoms in total. The first-order valence-corrected chi connectivity index (χ1v) is 4.58. The minimum atomic E-state index is -4.36. The molecule has 1 rings (SSSR count). The monoisotopic (exact) mass is 235 g/mol. The molecular weight excluding hydrogens is 223 g/mol. The summed E-state index contributed by atoms with van der Waals surface area (Å²) in [6.07, 6.45) is -4.36. The van der Waals surface area contributed by atoms with Crippen LogP contribution < -0.4 is 5.48 Å². The molecule has 0 fully saturated rings. The van der Waals surface area contributed by atoms with Crippen LogP contribution in [0.3, 0.4) is 0 Å². The van der Waals surface area contributed by atoms with Crippen molar-refractivity contribution < 1.29 is 23.1 Å². The quantitative estimate of drug-likeness (QED) is 0.621. The van der Waals surface area contributed by atoms with Gasteiger partial charge in [-0.3, -0.25) is 4.84 Å². The Morgan fingerprint density at radius 2 is 2.06 bits per heavy atom. The van der Waals surface area contributed by atoms with Crippen LogP contribution in [0.25, 0.3) is 0 Å². The minimum Gasteiger partial charge on any atom is -0.508 e. The molecule has 0 saturated heterocycles. The van der Waals surface area contributed by atoms with Crippen LogP contribution in [0.4, 0.5) is 13.2 Å². The summed E-state index contributed by atoms with van der Waals surface area (Å²) in [4.78, 5) is 4.21. The lowest BCUT2D eigenvalue weighted by molar-refractivity contribution is -0.190. The van der Waals surface area contributed by atoms with E-state index in [1.807, 2.05) is 6.92 Å². The Bertz CT molecular complexity index is 352. The second kappa shape index (κ2) is 5.18. The third-order valence-corrected chi connectivity index (χ3v) is 1.84. The Labute approximate surface area is 90.8 Å². The van der Waals surface area contributed by atoms with Crippen molar-refractivity contribution in [1.82, 2.24) is 5.48 Å². The van der Waals surface area contributed by atoms with Gasteiger partial charge in [0, 0.05) is 12.1 Å². The third-order valence-electron chi connectivity index (χ3n) is 1.84. The van der Waals surface area contributed by atoms with Crippen molar-refractivity contribution >= 4 is 0 Å². The first-order chi connectivity index (χ1) is 7.38. The fourth-order valence-corrected chi connectivity index (χ4v) is 1.12. The lowest BCUT2D eigenvalue weighted by Gasteiger charge is -2.09. The second-order valence-electron chi connectivity index (χ2n) is 3.36. The predicted molar refractivity (Wildman–Crippen MR) is 51.7 cm³/mol. The second-order valence-corrected chi connectivity index (χ2v) is 3.36. The predicted octanol–water partition coefficient (Wildman–Crippen LogP) is 2.28. The molecular formula is C10H12F3NO2. The van der Waals surface area contributed by atoms with E-state index in [0.29, 0.717) is 5.56 Å². The Kier molecular flexibility index (Phi) is 4.14. The average Bonchev–Trinajstić information content (AvgIpc) is 2.16. The van der Waals surface area contributed by atoms with Gasteiger partial charge in [0.15, 0.2) is 6.61 Å². The van der Waals surface area contributed by atoms with Crippen molar-refractivity contribution in [2.24, 2.45) is 0 Å². The van der Waals surface area contributed by atoms with E-state index in [0.717, 1.165) is 5.56 Å². The normalized spacial score (nSPS) is 11.8. The maximum atomic E-state index is 11.7. The van der Waals surface area contributed by atoms with Gasteiger partial charge < -0.3 is 5.11 Å². The molecule has 90 valence electrons. The molecule has 6 heteroatoms. The summed E-state index contributed by atoms with van der Waals surface area (Å²) in [5.74, 6) is 0.0220. The molecule has 1 aromatic carbocycles. The number of phenols is 1. The number of rotatable bonds is 4. The van der Waals surface area contributed by atoms with E-state index < -0.39 is 12.8 Å². The highest BCUT2D eigenvalue weighted by Gasteiger charge is 2.27. The number of alkyl halides is 3. The summed E-state index contributed by atoms with van der Waals surface area (Å²) < 4.78 is 35.1. The highest BCUT2D eigenvalue weighted by Crippen LogP contribution is 2.18. The highest BCUT2D eigenvalue weighted by molar-refractivity contribution is 5.35. The zero-order chi connectivity index (χ0) is 12.2. The van der Waals surface area contributed by atoms with Gasteiger partial charge in [0.05, 0.1) is 0 Å². The van der Waals surface area contributed by atoms with Crippen LogP contribution in [0.15, 0.2) is 18.2 Å². The third kappa shape index (κ3) is 4.50. The zero-order valence-corrected chi connectivity index (χ0v) is 8.64. The van der Waals surface area contributed by atoms with Gasteiger partial charge in [-0.2, -0.15) is 18.7 Å². The van der Waals surface area contributed by atoms with Crippen LogP contribution in [0.1, 0.15) is 11.1 Å². The molecule has 0 unspecified atom stereocenters. The summed E-state index contributed by atoms with van der Waals surface area (Å²) >= 11 is 0. The van der Waals surface area contributed by atoms with Crippen molar-refractivity contribution in [2.45, 2.75) is 19.6 Å². The fourth-order valence-electron chi connectivity index (χ4n) is 1.12. The molecule has 0 bridgehead atoms. The maximum Gasteiger partial charge on any atom is 0.413 e. The number of phenolic OH excluding ortho intramolecular Hbond substituents is 1. The van der Waals surface area contributed by atoms with Gasteiger partial charge in [-0.1, -0.05) is 17.7 Å². The summed E-state index contributed by atoms with van der Waals surface area (Å²) in [6, 6.07) is 4.85. The van der Waals surface area contributed by atoms with Crippen LogP contribution in [0.2, 0.25) is 0 Å². The van der Waals surface area contributed by atoms with E-state index in [1.165, 1.54) is 6.07 Å². The number of hydroxylamine groups is 1. The van der Waals surface area contributed by atoms with Crippen molar-refractivity contribution in [1.29, 1.82) is 0 Å². The highest BCUT2D eigenvalue weighted by atomic mass is 19.4. The number of hydrogen-bond donors (Lipinski definition) is 2. The summed E-state index contributed by atoms with van der Waals surface area (Å²) in [5.41, 5.74) is 3.54. The van der Waals surface area contributed by atoms with Gasteiger partial charge in [0.25, 0.3) is 0 Å². The molecule has 0 spiro atoms. The summed E-state index contributed by atoms with van der Waals surface area (Å²) in [6.45, 7) is 0.475. The topological polar surface area (TPSA) is 41.5 Å². The number of benzene rings is 1. The number of aryl methyl sites for hydroxylation is 1. The fraction of sp³-hybridized carbons (Fsp3) is 0.400.